The molecule has 8 heteroatoms. The number of benzene rings is 2. The van der Waals surface area contributed by atoms with Gasteiger partial charge in [-0.3, -0.25) is 29.0 Å². The molecule has 5 aliphatic rings. The standard InChI is InChI=1S/C24H16Cl2N2O4/c25-11-1-5-13(6-2-11)27-21(29)17-15-9-10-16(18(17)22(27)30)20-19(15)23(31)28(24(20)32)14-7-3-12(26)4-8-14/h1-10,15-20H/t15?,16?,17-,18-,19-,20+/m1/s1. The maximum Gasteiger partial charge on any atom is 0.238 e. The van der Waals surface area contributed by atoms with Gasteiger partial charge in [0.25, 0.3) is 0 Å². The van der Waals surface area contributed by atoms with Crippen molar-refractivity contribution in [3.05, 3.63) is 70.7 Å². The Morgan fingerprint density at radius 1 is 0.500 bits per heavy atom. The Kier molecular flexibility index (Phi) is 4.17. The van der Waals surface area contributed by atoms with E-state index in [0.717, 1.165) is 0 Å². The molecule has 2 aliphatic heterocycles. The van der Waals surface area contributed by atoms with Crippen LogP contribution in [-0.2, 0) is 19.2 Å². The molecule has 2 bridgehead atoms. The first-order valence-electron chi connectivity index (χ1n) is 10.3. The summed E-state index contributed by atoms with van der Waals surface area (Å²) in [7, 11) is 0. The molecule has 2 unspecified atom stereocenters. The van der Waals surface area contributed by atoms with E-state index < -0.39 is 35.5 Å². The van der Waals surface area contributed by atoms with Crippen LogP contribution in [-0.4, -0.2) is 23.6 Å². The number of hydrogen-bond acceptors (Lipinski definition) is 4. The fraction of sp³-hybridized carbons (Fsp3) is 0.250. The van der Waals surface area contributed by atoms with Gasteiger partial charge in [-0.1, -0.05) is 35.4 Å². The molecule has 0 radical (unpaired) electrons. The average Bonchev–Trinajstić information content (AvgIpc) is 3.23. The minimum atomic E-state index is -0.656. The third kappa shape index (κ3) is 2.48. The lowest BCUT2D eigenvalue weighted by atomic mass is 9.54. The molecule has 6 nitrogen and oxygen atoms in total. The lowest BCUT2D eigenvalue weighted by Gasteiger charge is -2.44. The number of halogens is 2. The number of nitrogens with zero attached hydrogens (tertiary/aromatic N) is 2. The third-order valence-electron chi connectivity index (χ3n) is 7.18. The van der Waals surface area contributed by atoms with E-state index in [-0.39, 0.29) is 23.6 Å². The van der Waals surface area contributed by atoms with Crippen molar-refractivity contribution in [2.45, 2.75) is 0 Å². The second kappa shape index (κ2) is 6.77. The highest BCUT2D eigenvalue weighted by atomic mass is 35.5. The number of imide groups is 2. The van der Waals surface area contributed by atoms with E-state index in [9.17, 15) is 19.2 Å². The summed E-state index contributed by atoms with van der Waals surface area (Å²) in [5.74, 6) is -4.94. The van der Waals surface area contributed by atoms with Crippen LogP contribution in [0.5, 0.6) is 0 Å². The summed E-state index contributed by atoms with van der Waals surface area (Å²) in [6.07, 6.45) is 3.69. The van der Waals surface area contributed by atoms with Gasteiger partial charge in [0.2, 0.25) is 23.6 Å². The smallest absolute Gasteiger partial charge is 0.238 e. The normalized spacial score (nSPS) is 32.7. The van der Waals surface area contributed by atoms with Gasteiger partial charge in [-0.25, -0.2) is 0 Å². The van der Waals surface area contributed by atoms with E-state index in [1.54, 1.807) is 48.5 Å². The van der Waals surface area contributed by atoms with Crippen molar-refractivity contribution in [2.24, 2.45) is 35.5 Å². The molecule has 3 aliphatic carbocycles. The van der Waals surface area contributed by atoms with E-state index in [0.29, 0.717) is 21.4 Å². The van der Waals surface area contributed by atoms with E-state index in [1.165, 1.54) is 9.80 Å². The number of rotatable bonds is 2. The van der Waals surface area contributed by atoms with E-state index in [1.807, 2.05) is 12.2 Å². The van der Waals surface area contributed by atoms with Crippen LogP contribution < -0.4 is 9.80 Å². The maximum absolute atomic E-state index is 13.4. The van der Waals surface area contributed by atoms with Gasteiger partial charge in [-0.15, -0.1) is 0 Å². The third-order valence-corrected chi connectivity index (χ3v) is 7.68. The highest BCUT2D eigenvalue weighted by Crippen LogP contribution is 2.58. The quantitative estimate of drug-likeness (QED) is 0.499. The summed E-state index contributed by atoms with van der Waals surface area (Å²) in [5, 5.41) is 1.00. The summed E-state index contributed by atoms with van der Waals surface area (Å²) in [4.78, 5) is 56.0. The Morgan fingerprint density at radius 3 is 1.06 bits per heavy atom. The number of anilines is 2. The molecule has 1 saturated carbocycles. The molecule has 32 heavy (non-hydrogen) atoms. The molecule has 2 heterocycles. The van der Waals surface area contributed by atoms with E-state index >= 15 is 0 Å². The molecule has 0 N–H and O–H groups in total. The molecule has 7 rings (SSSR count). The summed E-state index contributed by atoms with van der Waals surface area (Å²) in [6, 6.07) is 13.0. The number of carbonyl (C=O) groups is 4. The van der Waals surface area contributed by atoms with Crippen LogP contribution in [0.1, 0.15) is 0 Å². The summed E-state index contributed by atoms with van der Waals surface area (Å²) >= 11 is 11.9. The van der Waals surface area contributed by atoms with E-state index in [4.69, 9.17) is 23.2 Å². The monoisotopic (exact) mass is 466 g/mol. The number of amides is 4. The van der Waals surface area contributed by atoms with Crippen LogP contribution in [0.4, 0.5) is 11.4 Å². The Balaban J connectivity index is 1.39. The van der Waals surface area contributed by atoms with Gasteiger partial charge < -0.3 is 0 Å². The molecule has 4 amide bonds. The van der Waals surface area contributed by atoms with Gasteiger partial charge in [-0.05, 0) is 48.5 Å². The van der Waals surface area contributed by atoms with Crippen LogP contribution >= 0.6 is 23.2 Å². The second-order valence-electron chi connectivity index (χ2n) is 8.62. The zero-order chi connectivity index (χ0) is 22.3. The van der Waals surface area contributed by atoms with Crippen molar-refractivity contribution in [1.82, 2.24) is 0 Å². The fourth-order valence-corrected chi connectivity index (χ4v) is 6.17. The topological polar surface area (TPSA) is 74.8 Å². The SMILES string of the molecule is O=C1[C@@H]2C3C=CC([C@H]2C(=O)N1c1ccc(Cl)cc1)[C@@H]1C(=O)N(c2ccc(Cl)cc2)C(=O)[C@H]31. The second-order valence-corrected chi connectivity index (χ2v) is 9.49. The number of carbonyl (C=O) groups excluding carboxylic acids is 4. The fourth-order valence-electron chi connectivity index (χ4n) is 5.92. The molecular formula is C24H16Cl2N2O4. The van der Waals surface area contributed by atoms with Crippen molar-refractivity contribution in [3.8, 4) is 0 Å². The van der Waals surface area contributed by atoms with Crippen molar-refractivity contribution < 1.29 is 19.2 Å². The summed E-state index contributed by atoms with van der Waals surface area (Å²) < 4.78 is 0. The van der Waals surface area contributed by atoms with E-state index in [2.05, 4.69) is 0 Å². The first-order valence-corrected chi connectivity index (χ1v) is 11.1. The minimum absolute atomic E-state index is 0.328. The van der Waals surface area contributed by atoms with Crippen molar-refractivity contribution in [2.75, 3.05) is 9.80 Å². The predicted octanol–water partition coefficient (Wildman–Crippen LogP) is 3.72. The highest BCUT2D eigenvalue weighted by molar-refractivity contribution is 6.31. The molecule has 3 fully saturated rings. The largest absolute Gasteiger partial charge is 0.274 e. The minimum Gasteiger partial charge on any atom is -0.274 e. The molecule has 2 aromatic rings. The van der Waals surface area contributed by atoms with Crippen molar-refractivity contribution in [1.29, 1.82) is 0 Å². The number of allylic oxidation sites excluding steroid dienone is 2. The van der Waals surface area contributed by atoms with Crippen LogP contribution in [0, 0.1) is 35.5 Å². The van der Waals surface area contributed by atoms with Gasteiger partial charge in [0.15, 0.2) is 0 Å². The zero-order valence-corrected chi connectivity index (χ0v) is 18.0. The molecule has 0 spiro atoms. The first-order chi connectivity index (χ1) is 15.4. The number of hydrogen-bond donors (Lipinski definition) is 0. The molecule has 2 aromatic carbocycles. The molecular weight excluding hydrogens is 451 g/mol. The molecule has 160 valence electrons. The zero-order valence-electron chi connectivity index (χ0n) is 16.5. The van der Waals surface area contributed by atoms with Gasteiger partial charge in [0.05, 0.1) is 35.0 Å². The molecule has 6 atom stereocenters. The Bertz CT molecular complexity index is 1080. The maximum atomic E-state index is 13.4. The van der Waals surface area contributed by atoms with Gasteiger partial charge in [0, 0.05) is 21.9 Å². The molecule has 2 saturated heterocycles. The predicted molar refractivity (Wildman–Crippen MR) is 118 cm³/mol. The van der Waals surface area contributed by atoms with Crippen LogP contribution in [0.15, 0.2) is 60.7 Å². The van der Waals surface area contributed by atoms with Gasteiger partial charge in [0.1, 0.15) is 0 Å². The van der Waals surface area contributed by atoms with Crippen molar-refractivity contribution >= 4 is 58.2 Å². The van der Waals surface area contributed by atoms with Gasteiger partial charge >= 0.3 is 0 Å². The summed E-state index contributed by atoms with van der Waals surface area (Å²) in [6.45, 7) is 0. The Hall–Kier alpha value is -2.96. The average molecular weight is 467 g/mol. The first kappa shape index (κ1) is 19.7. The Morgan fingerprint density at radius 2 is 0.781 bits per heavy atom. The lowest BCUT2D eigenvalue weighted by molar-refractivity contribution is -0.137. The van der Waals surface area contributed by atoms with Gasteiger partial charge in [-0.2, -0.15) is 0 Å². The van der Waals surface area contributed by atoms with Crippen LogP contribution in [0.2, 0.25) is 10.0 Å². The highest BCUT2D eigenvalue weighted by Gasteiger charge is 2.68. The summed E-state index contributed by atoms with van der Waals surface area (Å²) in [5.41, 5.74) is 0.896. The molecule has 0 aromatic heterocycles. The Labute approximate surface area is 193 Å². The van der Waals surface area contributed by atoms with Crippen LogP contribution in [0.25, 0.3) is 0 Å². The van der Waals surface area contributed by atoms with Crippen molar-refractivity contribution in [3.63, 3.8) is 0 Å². The van der Waals surface area contributed by atoms with Crippen LogP contribution in [0.3, 0.4) is 0 Å². The lowest BCUT2D eigenvalue weighted by Crippen LogP contribution is -2.50.